The van der Waals surface area contributed by atoms with Crippen molar-refractivity contribution in [3.8, 4) is 11.3 Å². The summed E-state index contributed by atoms with van der Waals surface area (Å²) in [5.74, 6) is -6.93. The summed E-state index contributed by atoms with van der Waals surface area (Å²) in [6.45, 7) is -0.628. The molecule has 220 valence electrons. The Kier molecular flexibility index (Phi) is 7.49. The minimum atomic E-state index is -1.92. The van der Waals surface area contributed by atoms with Crippen molar-refractivity contribution in [2.45, 2.75) is 42.6 Å². The predicted octanol–water partition coefficient (Wildman–Crippen LogP) is 2.24. The molecular formula is C27H23BrF3N5O6. The minimum Gasteiger partial charge on any atom is -0.394 e. The maximum absolute atomic E-state index is 13.8. The highest BCUT2D eigenvalue weighted by Gasteiger charge is 2.62. The molecule has 2 fully saturated rings. The number of nitrogens with one attached hydrogen (secondary N) is 1. The Morgan fingerprint density at radius 2 is 1.95 bits per heavy atom. The Labute approximate surface area is 244 Å². The topological polar surface area (TPSA) is 152 Å². The van der Waals surface area contributed by atoms with Crippen LogP contribution in [0, 0.1) is 17.5 Å². The van der Waals surface area contributed by atoms with Gasteiger partial charge in [-0.3, -0.25) is 9.78 Å². The Balaban J connectivity index is 1.33. The highest BCUT2D eigenvalue weighted by atomic mass is 79.9. The van der Waals surface area contributed by atoms with E-state index in [-0.39, 0.29) is 24.3 Å². The van der Waals surface area contributed by atoms with Gasteiger partial charge in [-0.25, -0.2) is 17.9 Å². The van der Waals surface area contributed by atoms with Crippen LogP contribution < -0.4 is 5.32 Å². The first-order valence-electron chi connectivity index (χ1n) is 12.8. The lowest BCUT2D eigenvalue weighted by Gasteiger charge is -2.49. The van der Waals surface area contributed by atoms with Crippen molar-refractivity contribution in [2.75, 3.05) is 13.2 Å². The smallest absolute Gasteiger partial charge is 0.252 e. The van der Waals surface area contributed by atoms with Crippen LogP contribution in [0.3, 0.4) is 0 Å². The summed E-state index contributed by atoms with van der Waals surface area (Å²) in [4.78, 5) is 17.8. The van der Waals surface area contributed by atoms with Gasteiger partial charge < -0.3 is 30.1 Å². The van der Waals surface area contributed by atoms with Gasteiger partial charge in [-0.15, -0.1) is 5.10 Å². The molecular weight excluding hydrogens is 627 g/mol. The number of ether oxygens (including phenoxy) is 2. The van der Waals surface area contributed by atoms with Crippen molar-refractivity contribution in [3.05, 3.63) is 76.3 Å². The summed E-state index contributed by atoms with van der Waals surface area (Å²) in [5, 5.41) is 43.9. The zero-order chi connectivity index (χ0) is 29.8. The van der Waals surface area contributed by atoms with Crippen molar-refractivity contribution in [3.63, 3.8) is 0 Å². The second-order valence-corrected chi connectivity index (χ2v) is 10.9. The summed E-state index contributed by atoms with van der Waals surface area (Å²) >= 11 is 3.36. The molecule has 0 unspecified atom stereocenters. The molecule has 0 bridgehead atoms. The third kappa shape index (κ3) is 4.75. The van der Waals surface area contributed by atoms with Crippen molar-refractivity contribution in [1.29, 1.82) is 0 Å². The van der Waals surface area contributed by atoms with E-state index in [2.05, 4.69) is 36.5 Å². The summed E-state index contributed by atoms with van der Waals surface area (Å²) in [6, 6.07) is 5.98. The van der Waals surface area contributed by atoms with Crippen molar-refractivity contribution in [2.24, 2.45) is 0 Å². The SMILES string of the molecule is O=C(N[C@@H]1CCO[C@]12O[C@H](CO)[C@H](O)[C@H](n1cc(-c3cc(F)c(F)c(F)c3)nn1)[C@H]2O)c1cccc2ncc(Br)cc12. The van der Waals surface area contributed by atoms with Gasteiger partial charge in [-0.1, -0.05) is 11.3 Å². The summed E-state index contributed by atoms with van der Waals surface area (Å²) in [6.07, 6.45) is -1.50. The number of aliphatic hydroxyl groups is 3. The van der Waals surface area contributed by atoms with Crippen LogP contribution in [0.1, 0.15) is 22.8 Å². The van der Waals surface area contributed by atoms with Crippen molar-refractivity contribution < 1.29 is 42.8 Å². The van der Waals surface area contributed by atoms with Crippen molar-refractivity contribution >= 4 is 32.7 Å². The fourth-order valence-corrected chi connectivity index (χ4v) is 5.83. The highest BCUT2D eigenvalue weighted by Crippen LogP contribution is 2.43. The van der Waals surface area contributed by atoms with Crippen LogP contribution in [-0.4, -0.2) is 84.6 Å². The molecule has 6 rings (SSSR count). The normalized spacial score (nSPS) is 27.5. The van der Waals surface area contributed by atoms with Crippen molar-refractivity contribution in [1.82, 2.24) is 25.3 Å². The number of amides is 1. The van der Waals surface area contributed by atoms with Gasteiger partial charge in [0.05, 0.1) is 31.0 Å². The maximum atomic E-state index is 13.8. The molecule has 4 aromatic rings. The van der Waals surface area contributed by atoms with E-state index in [1.165, 1.54) is 6.20 Å². The van der Waals surface area contributed by atoms with Crippen LogP contribution in [0.5, 0.6) is 0 Å². The largest absolute Gasteiger partial charge is 0.394 e. The zero-order valence-corrected chi connectivity index (χ0v) is 23.1. The molecule has 2 aromatic carbocycles. The quantitative estimate of drug-likeness (QED) is 0.239. The fourth-order valence-electron chi connectivity index (χ4n) is 5.50. The molecule has 11 nitrogen and oxygen atoms in total. The Bertz CT molecular complexity index is 1650. The molecule has 15 heteroatoms. The number of hydrogen-bond donors (Lipinski definition) is 4. The molecule has 4 N–H and O–H groups in total. The van der Waals surface area contributed by atoms with Crippen LogP contribution in [0.25, 0.3) is 22.2 Å². The summed E-state index contributed by atoms with van der Waals surface area (Å²) in [5.41, 5.74) is 0.675. The van der Waals surface area contributed by atoms with E-state index in [1.54, 1.807) is 30.5 Å². The third-order valence-electron chi connectivity index (χ3n) is 7.54. The lowest BCUT2D eigenvalue weighted by atomic mass is 9.86. The fraction of sp³-hybridized carbons (Fsp3) is 0.333. The van der Waals surface area contributed by atoms with Gasteiger partial charge in [0.15, 0.2) is 17.5 Å². The molecule has 6 atom stereocenters. The first kappa shape index (κ1) is 28.6. The highest BCUT2D eigenvalue weighted by molar-refractivity contribution is 9.10. The van der Waals surface area contributed by atoms with E-state index >= 15 is 0 Å². The number of carbonyl (C=O) groups is 1. The molecule has 0 aliphatic carbocycles. The van der Waals surface area contributed by atoms with E-state index < -0.39 is 66.1 Å². The molecule has 2 saturated heterocycles. The molecule has 2 aromatic heterocycles. The number of benzene rings is 2. The predicted molar refractivity (Wildman–Crippen MR) is 142 cm³/mol. The minimum absolute atomic E-state index is 0.0579. The van der Waals surface area contributed by atoms with Gasteiger partial charge in [0.2, 0.25) is 5.79 Å². The van der Waals surface area contributed by atoms with Gasteiger partial charge in [0, 0.05) is 27.2 Å². The van der Waals surface area contributed by atoms with E-state index in [9.17, 15) is 33.3 Å². The lowest BCUT2D eigenvalue weighted by Crippen LogP contribution is -2.69. The Morgan fingerprint density at radius 3 is 2.69 bits per heavy atom. The van der Waals surface area contributed by atoms with Crippen LogP contribution in [-0.2, 0) is 9.47 Å². The molecule has 0 saturated carbocycles. The number of carbonyl (C=O) groups excluding carboxylic acids is 1. The zero-order valence-electron chi connectivity index (χ0n) is 21.5. The monoisotopic (exact) mass is 649 g/mol. The number of rotatable bonds is 5. The number of fused-ring (bicyclic) bond motifs is 1. The van der Waals surface area contributed by atoms with E-state index in [4.69, 9.17) is 9.47 Å². The van der Waals surface area contributed by atoms with Gasteiger partial charge >= 0.3 is 0 Å². The van der Waals surface area contributed by atoms with Crippen LogP contribution in [0.4, 0.5) is 13.2 Å². The number of aliphatic hydroxyl groups excluding tert-OH is 3. The van der Waals surface area contributed by atoms with Gasteiger partial charge in [-0.05, 0) is 52.7 Å². The van der Waals surface area contributed by atoms with Crippen LogP contribution >= 0.6 is 15.9 Å². The second-order valence-electron chi connectivity index (χ2n) is 10.0. The Hall–Kier alpha value is -3.47. The number of nitrogens with zero attached hydrogens (tertiary/aromatic N) is 4. The lowest BCUT2D eigenvalue weighted by molar-refractivity contribution is -0.344. The number of aromatic nitrogens is 4. The molecule has 1 amide bonds. The molecule has 1 spiro atoms. The molecule has 4 heterocycles. The summed E-state index contributed by atoms with van der Waals surface area (Å²) < 4.78 is 54.7. The van der Waals surface area contributed by atoms with Crippen LogP contribution in [0.15, 0.2) is 53.3 Å². The number of halogens is 4. The summed E-state index contributed by atoms with van der Waals surface area (Å²) in [7, 11) is 0. The van der Waals surface area contributed by atoms with E-state index in [0.29, 0.717) is 20.9 Å². The molecule has 42 heavy (non-hydrogen) atoms. The first-order valence-corrected chi connectivity index (χ1v) is 13.6. The first-order chi connectivity index (χ1) is 20.1. The maximum Gasteiger partial charge on any atom is 0.252 e. The van der Waals surface area contributed by atoms with Gasteiger partial charge in [0.25, 0.3) is 5.91 Å². The van der Waals surface area contributed by atoms with Crippen LogP contribution in [0.2, 0.25) is 0 Å². The van der Waals surface area contributed by atoms with Gasteiger partial charge in [-0.2, -0.15) is 0 Å². The average Bonchev–Trinajstić information content (AvgIpc) is 3.61. The second kappa shape index (κ2) is 11.0. The Morgan fingerprint density at radius 1 is 1.19 bits per heavy atom. The molecule has 2 aliphatic heterocycles. The van der Waals surface area contributed by atoms with Gasteiger partial charge in [0.1, 0.15) is 30.0 Å². The third-order valence-corrected chi connectivity index (χ3v) is 7.97. The number of pyridine rings is 1. The average molecular weight is 650 g/mol. The number of hydrogen-bond acceptors (Lipinski definition) is 9. The molecule has 2 aliphatic rings. The van der Waals surface area contributed by atoms with E-state index in [1.807, 2.05) is 0 Å². The standard InChI is InChI=1S/C27H23BrF3N5O6/c28-13-8-15-14(2-1-3-18(15)32-9-13)26(40)33-21-4-5-41-27(21)25(39)23(24(38)20(11-37)42-27)36-10-19(34-35-36)12-6-16(29)22(31)17(30)7-12/h1-3,6-10,20-21,23-25,37-39H,4-5,11H2,(H,33,40)/t20-,21-,23+,24+,25-,27+/m1/s1. The molecule has 0 radical (unpaired) electrons. The van der Waals surface area contributed by atoms with E-state index in [0.717, 1.165) is 16.8 Å².